The van der Waals surface area contributed by atoms with Gasteiger partial charge in [0.15, 0.2) is 0 Å². The standard InChI is InChI=1S/C15H20FNO2S/c16-13-3-1-2-4-14(13)20-10-9-17-7-5-12(6-8-17)11-15(18)19/h1-4,12H,5-11H2,(H,18,19). The van der Waals surface area contributed by atoms with Crippen LogP contribution >= 0.6 is 11.8 Å². The summed E-state index contributed by atoms with van der Waals surface area (Å²) in [6, 6.07) is 6.84. The molecule has 1 N–H and O–H groups in total. The second-order valence-corrected chi connectivity index (χ2v) is 6.30. The molecule has 0 unspecified atom stereocenters. The number of aliphatic carboxylic acids is 1. The SMILES string of the molecule is O=C(O)CC1CCN(CCSc2ccccc2F)CC1. The Kier molecular flexibility index (Phi) is 5.86. The minimum atomic E-state index is -0.696. The molecule has 1 saturated heterocycles. The molecule has 1 aliphatic heterocycles. The molecular formula is C15H20FNO2S. The summed E-state index contributed by atoms with van der Waals surface area (Å²) in [5, 5.41) is 8.77. The number of carboxylic acid groups (broad SMARTS) is 1. The first kappa shape index (κ1) is 15.3. The number of rotatable bonds is 6. The van der Waals surface area contributed by atoms with Gasteiger partial charge in [0.1, 0.15) is 5.82 Å². The van der Waals surface area contributed by atoms with Crippen LogP contribution in [0.25, 0.3) is 0 Å². The summed E-state index contributed by atoms with van der Waals surface area (Å²) >= 11 is 1.54. The number of nitrogens with zero attached hydrogens (tertiary/aromatic N) is 1. The Morgan fingerprint density at radius 3 is 2.70 bits per heavy atom. The van der Waals surface area contributed by atoms with Gasteiger partial charge in [0, 0.05) is 23.6 Å². The smallest absolute Gasteiger partial charge is 0.303 e. The maximum Gasteiger partial charge on any atom is 0.303 e. The zero-order valence-electron chi connectivity index (χ0n) is 11.4. The van der Waals surface area contributed by atoms with Gasteiger partial charge in [-0.15, -0.1) is 11.8 Å². The molecule has 0 amide bonds. The topological polar surface area (TPSA) is 40.5 Å². The molecule has 1 aromatic rings. The Labute approximate surface area is 123 Å². The maximum absolute atomic E-state index is 13.4. The zero-order chi connectivity index (χ0) is 14.4. The van der Waals surface area contributed by atoms with Crippen LogP contribution in [0.5, 0.6) is 0 Å². The molecular weight excluding hydrogens is 277 g/mol. The van der Waals surface area contributed by atoms with Crippen molar-refractivity contribution in [2.75, 3.05) is 25.4 Å². The van der Waals surface area contributed by atoms with E-state index in [0.29, 0.717) is 10.8 Å². The first-order valence-corrected chi connectivity index (χ1v) is 7.95. The van der Waals surface area contributed by atoms with Gasteiger partial charge in [0.2, 0.25) is 0 Å². The van der Waals surface area contributed by atoms with Crippen LogP contribution in [0.1, 0.15) is 19.3 Å². The molecule has 0 saturated carbocycles. The van der Waals surface area contributed by atoms with Crippen molar-refractivity contribution in [3.63, 3.8) is 0 Å². The van der Waals surface area contributed by atoms with Gasteiger partial charge in [0.05, 0.1) is 0 Å². The van der Waals surface area contributed by atoms with Gasteiger partial charge in [-0.3, -0.25) is 4.79 Å². The van der Waals surface area contributed by atoms with Gasteiger partial charge in [0.25, 0.3) is 0 Å². The summed E-state index contributed by atoms with van der Waals surface area (Å²) in [5.74, 6) is 0.337. The molecule has 0 aromatic heterocycles. The Balaban J connectivity index is 1.66. The summed E-state index contributed by atoms with van der Waals surface area (Å²) in [7, 11) is 0. The molecule has 20 heavy (non-hydrogen) atoms. The second-order valence-electron chi connectivity index (χ2n) is 5.16. The Hall–Kier alpha value is -1.07. The van der Waals surface area contributed by atoms with E-state index in [4.69, 9.17) is 5.11 Å². The number of carbonyl (C=O) groups is 1. The Bertz CT molecular complexity index is 447. The number of likely N-dealkylation sites (tertiary alicyclic amines) is 1. The molecule has 0 atom stereocenters. The van der Waals surface area contributed by atoms with Gasteiger partial charge in [-0.2, -0.15) is 0 Å². The summed E-state index contributed by atoms with van der Waals surface area (Å²) in [6.07, 6.45) is 2.20. The predicted octanol–water partition coefficient (Wildman–Crippen LogP) is 3.10. The van der Waals surface area contributed by atoms with Crippen molar-refractivity contribution in [3.8, 4) is 0 Å². The fraction of sp³-hybridized carbons (Fsp3) is 0.533. The van der Waals surface area contributed by atoms with Crippen molar-refractivity contribution in [1.82, 2.24) is 4.90 Å². The van der Waals surface area contributed by atoms with Crippen LogP contribution in [0.15, 0.2) is 29.2 Å². The molecule has 1 fully saturated rings. The van der Waals surface area contributed by atoms with Crippen LogP contribution in [-0.4, -0.2) is 41.4 Å². The predicted molar refractivity (Wildman–Crippen MR) is 78.5 cm³/mol. The fourth-order valence-corrected chi connectivity index (χ4v) is 3.46. The van der Waals surface area contributed by atoms with Crippen LogP contribution in [0.2, 0.25) is 0 Å². The van der Waals surface area contributed by atoms with Crippen LogP contribution in [0.3, 0.4) is 0 Å². The lowest BCUT2D eigenvalue weighted by molar-refractivity contribution is -0.138. The van der Waals surface area contributed by atoms with Crippen LogP contribution in [-0.2, 0) is 4.79 Å². The van der Waals surface area contributed by atoms with Crippen molar-refractivity contribution in [3.05, 3.63) is 30.1 Å². The lowest BCUT2D eigenvalue weighted by atomic mass is 9.94. The van der Waals surface area contributed by atoms with Crippen molar-refractivity contribution in [2.45, 2.75) is 24.2 Å². The number of hydrogen-bond donors (Lipinski definition) is 1. The monoisotopic (exact) mass is 297 g/mol. The first-order chi connectivity index (χ1) is 9.65. The van der Waals surface area contributed by atoms with Crippen molar-refractivity contribution >= 4 is 17.7 Å². The highest BCUT2D eigenvalue weighted by Crippen LogP contribution is 2.23. The highest BCUT2D eigenvalue weighted by Gasteiger charge is 2.20. The fourth-order valence-electron chi connectivity index (χ4n) is 2.51. The third kappa shape index (κ3) is 4.80. The van der Waals surface area contributed by atoms with Gasteiger partial charge >= 0.3 is 5.97 Å². The number of halogens is 1. The number of benzene rings is 1. The van der Waals surface area contributed by atoms with Crippen molar-refractivity contribution in [2.24, 2.45) is 5.92 Å². The van der Waals surface area contributed by atoms with E-state index in [2.05, 4.69) is 4.90 Å². The minimum absolute atomic E-state index is 0.155. The van der Waals surface area contributed by atoms with Gasteiger partial charge in [-0.05, 0) is 44.0 Å². The highest BCUT2D eigenvalue weighted by molar-refractivity contribution is 7.99. The molecule has 110 valence electrons. The van der Waals surface area contributed by atoms with E-state index in [0.717, 1.165) is 38.2 Å². The van der Waals surface area contributed by atoms with Crippen molar-refractivity contribution in [1.29, 1.82) is 0 Å². The van der Waals surface area contributed by atoms with Gasteiger partial charge < -0.3 is 10.0 Å². The second kappa shape index (κ2) is 7.64. The molecule has 0 aliphatic carbocycles. The maximum atomic E-state index is 13.4. The van der Waals surface area contributed by atoms with Gasteiger partial charge in [-0.25, -0.2) is 4.39 Å². The highest BCUT2D eigenvalue weighted by atomic mass is 32.2. The molecule has 1 aliphatic rings. The van der Waals surface area contributed by atoms with Crippen LogP contribution < -0.4 is 0 Å². The average Bonchev–Trinajstić information content (AvgIpc) is 2.42. The minimum Gasteiger partial charge on any atom is -0.481 e. The van der Waals surface area contributed by atoms with E-state index in [1.165, 1.54) is 6.07 Å². The van der Waals surface area contributed by atoms with E-state index in [1.54, 1.807) is 23.9 Å². The summed E-state index contributed by atoms with van der Waals surface area (Å²) in [5.41, 5.74) is 0. The molecule has 0 radical (unpaired) electrons. The van der Waals surface area contributed by atoms with E-state index in [9.17, 15) is 9.18 Å². The Morgan fingerprint density at radius 1 is 1.35 bits per heavy atom. The van der Waals surface area contributed by atoms with Crippen LogP contribution in [0.4, 0.5) is 4.39 Å². The average molecular weight is 297 g/mol. The van der Waals surface area contributed by atoms with E-state index >= 15 is 0 Å². The molecule has 1 heterocycles. The molecule has 5 heteroatoms. The van der Waals surface area contributed by atoms with E-state index < -0.39 is 5.97 Å². The number of hydrogen-bond acceptors (Lipinski definition) is 3. The molecule has 1 aromatic carbocycles. The largest absolute Gasteiger partial charge is 0.481 e. The number of thioether (sulfide) groups is 1. The molecule has 0 bridgehead atoms. The molecule has 0 spiro atoms. The van der Waals surface area contributed by atoms with E-state index in [-0.39, 0.29) is 12.2 Å². The van der Waals surface area contributed by atoms with Gasteiger partial charge in [-0.1, -0.05) is 12.1 Å². The number of piperidine rings is 1. The summed E-state index contributed by atoms with van der Waals surface area (Å²) < 4.78 is 13.4. The lowest BCUT2D eigenvalue weighted by Gasteiger charge is -2.31. The van der Waals surface area contributed by atoms with E-state index in [1.807, 2.05) is 6.07 Å². The third-order valence-corrected chi connectivity index (χ3v) is 4.70. The number of carboxylic acids is 1. The summed E-state index contributed by atoms with van der Waals surface area (Å²) in [6.45, 7) is 2.84. The molecule has 3 nitrogen and oxygen atoms in total. The normalized spacial score (nSPS) is 17.2. The zero-order valence-corrected chi connectivity index (χ0v) is 12.2. The quantitative estimate of drug-likeness (QED) is 0.819. The van der Waals surface area contributed by atoms with Crippen LogP contribution in [0, 0.1) is 11.7 Å². The third-order valence-electron chi connectivity index (χ3n) is 3.67. The first-order valence-electron chi connectivity index (χ1n) is 6.96. The lowest BCUT2D eigenvalue weighted by Crippen LogP contribution is -2.35. The summed E-state index contributed by atoms with van der Waals surface area (Å²) in [4.78, 5) is 13.7. The Morgan fingerprint density at radius 2 is 2.05 bits per heavy atom. The van der Waals surface area contributed by atoms with Crippen molar-refractivity contribution < 1.29 is 14.3 Å². The molecule has 2 rings (SSSR count).